The van der Waals surface area contributed by atoms with E-state index >= 15 is 0 Å². The summed E-state index contributed by atoms with van der Waals surface area (Å²) in [7, 11) is 0. The predicted molar refractivity (Wildman–Crippen MR) is 78.9 cm³/mol. The van der Waals surface area contributed by atoms with Crippen molar-refractivity contribution in [1.82, 2.24) is 0 Å². The van der Waals surface area contributed by atoms with E-state index in [0.717, 1.165) is 5.56 Å². The fraction of sp³-hybridized carbons (Fsp3) is 0.200. The number of hydrogen-bond donors (Lipinski definition) is 2. The second kappa shape index (κ2) is 7.85. The molecular weight excluding hydrogens is 281 g/mol. The number of rotatable bonds is 5. The SMILES string of the molecule is Cl.NC(CO)Cc1ccc(F)c(Oc2ccccc2)c1. The normalized spacial score (nSPS) is 11.6. The first-order valence-corrected chi connectivity index (χ1v) is 6.07. The van der Waals surface area contributed by atoms with Crippen LogP contribution in [0, 0.1) is 5.82 Å². The van der Waals surface area contributed by atoms with Gasteiger partial charge in [0.25, 0.3) is 0 Å². The lowest BCUT2D eigenvalue weighted by Crippen LogP contribution is -2.26. The van der Waals surface area contributed by atoms with E-state index in [9.17, 15) is 4.39 Å². The predicted octanol–water partition coefficient (Wildman–Crippen LogP) is 2.90. The van der Waals surface area contributed by atoms with Gasteiger partial charge >= 0.3 is 0 Å². The molecule has 2 aromatic carbocycles. The minimum absolute atomic E-state index is 0. The van der Waals surface area contributed by atoms with Crippen LogP contribution in [0.2, 0.25) is 0 Å². The first-order valence-electron chi connectivity index (χ1n) is 6.07. The number of aliphatic hydroxyl groups is 1. The lowest BCUT2D eigenvalue weighted by molar-refractivity contribution is 0.265. The Hall–Kier alpha value is -1.62. The molecule has 2 aromatic rings. The highest BCUT2D eigenvalue weighted by Crippen LogP contribution is 2.25. The van der Waals surface area contributed by atoms with Crippen LogP contribution in [-0.2, 0) is 6.42 Å². The fourth-order valence-electron chi connectivity index (χ4n) is 1.74. The molecule has 108 valence electrons. The Morgan fingerprint density at radius 3 is 2.50 bits per heavy atom. The van der Waals surface area contributed by atoms with Gasteiger partial charge in [-0.3, -0.25) is 0 Å². The van der Waals surface area contributed by atoms with Gasteiger partial charge in [-0.1, -0.05) is 24.3 Å². The summed E-state index contributed by atoms with van der Waals surface area (Å²) in [5, 5.41) is 8.92. The maximum atomic E-state index is 13.7. The van der Waals surface area contributed by atoms with Gasteiger partial charge in [0, 0.05) is 6.04 Å². The minimum Gasteiger partial charge on any atom is -0.454 e. The van der Waals surface area contributed by atoms with Crippen LogP contribution in [0.1, 0.15) is 5.56 Å². The topological polar surface area (TPSA) is 55.5 Å². The third-order valence-electron chi connectivity index (χ3n) is 2.70. The number of nitrogens with two attached hydrogens (primary N) is 1. The van der Waals surface area contributed by atoms with E-state index in [4.69, 9.17) is 15.6 Å². The summed E-state index contributed by atoms with van der Waals surface area (Å²) >= 11 is 0. The van der Waals surface area contributed by atoms with Crippen molar-refractivity contribution in [2.75, 3.05) is 6.61 Å². The number of ether oxygens (including phenoxy) is 1. The Morgan fingerprint density at radius 2 is 1.85 bits per heavy atom. The van der Waals surface area contributed by atoms with Crippen LogP contribution in [0.25, 0.3) is 0 Å². The van der Waals surface area contributed by atoms with Crippen LogP contribution < -0.4 is 10.5 Å². The van der Waals surface area contributed by atoms with Crippen LogP contribution in [0.5, 0.6) is 11.5 Å². The van der Waals surface area contributed by atoms with Crippen molar-refractivity contribution in [3.8, 4) is 11.5 Å². The maximum Gasteiger partial charge on any atom is 0.165 e. The number of aliphatic hydroxyl groups excluding tert-OH is 1. The van der Waals surface area contributed by atoms with Crippen LogP contribution >= 0.6 is 12.4 Å². The van der Waals surface area contributed by atoms with Gasteiger partial charge in [0.2, 0.25) is 0 Å². The molecule has 0 saturated heterocycles. The molecule has 0 heterocycles. The standard InChI is InChI=1S/C15H16FNO2.ClH/c16-14-7-6-11(8-12(17)10-18)9-15(14)19-13-4-2-1-3-5-13;/h1-7,9,12,18H,8,10,17H2;1H. The van der Waals surface area contributed by atoms with E-state index in [0.29, 0.717) is 12.2 Å². The highest BCUT2D eigenvalue weighted by atomic mass is 35.5. The van der Waals surface area contributed by atoms with Gasteiger partial charge in [-0.15, -0.1) is 12.4 Å². The molecule has 1 unspecified atom stereocenters. The molecule has 0 aromatic heterocycles. The summed E-state index contributed by atoms with van der Waals surface area (Å²) in [5.41, 5.74) is 6.49. The van der Waals surface area contributed by atoms with Gasteiger partial charge in [0.1, 0.15) is 5.75 Å². The number of benzene rings is 2. The summed E-state index contributed by atoms with van der Waals surface area (Å²) in [6.45, 7) is -0.105. The first-order chi connectivity index (χ1) is 9.19. The summed E-state index contributed by atoms with van der Waals surface area (Å²) < 4.78 is 19.2. The summed E-state index contributed by atoms with van der Waals surface area (Å²) in [4.78, 5) is 0. The zero-order valence-corrected chi connectivity index (χ0v) is 11.6. The second-order valence-electron chi connectivity index (χ2n) is 4.33. The van der Waals surface area contributed by atoms with Crippen molar-refractivity contribution in [2.24, 2.45) is 5.73 Å². The summed E-state index contributed by atoms with van der Waals surface area (Å²) in [6.07, 6.45) is 0.474. The Labute approximate surface area is 123 Å². The van der Waals surface area contributed by atoms with Crippen LogP contribution in [0.4, 0.5) is 4.39 Å². The molecule has 0 aliphatic heterocycles. The van der Waals surface area contributed by atoms with Crippen molar-refractivity contribution in [1.29, 1.82) is 0 Å². The molecule has 0 aliphatic rings. The van der Waals surface area contributed by atoms with E-state index in [1.807, 2.05) is 18.2 Å². The van der Waals surface area contributed by atoms with Crippen LogP contribution in [-0.4, -0.2) is 17.8 Å². The molecule has 0 amide bonds. The zero-order valence-electron chi connectivity index (χ0n) is 10.8. The molecule has 5 heteroatoms. The quantitative estimate of drug-likeness (QED) is 0.892. The molecule has 0 bridgehead atoms. The molecule has 0 fully saturated rings. The van der Waals surface area contributed by atoms with E-state index in [1.54, 1.807) is 24.3 Å². The molecule has 0 spiro atoms. The maximum absolute atomic E-state index is 13.7. The lowest BCUT2D eigenvalue weighted by Gasteiger charge is -2.11. The van der Waals surface area contributed by atoms with Gasteiger partial charge in [-0.05, 0) is 36.2 Å². The first kappa shape index (κ1) is 16.4. The monoisotopic (exact) mass is 297 g/mol. The Morgan fingerprint density at radius 1 is 1.15 bits per heavy atom. The van der Waals surface area contributed by atoms with Crippen LogP contribution in [0.15, 0.2) is 48.5 Å². The fourth-order valence-corrected chi connectivity index (χ4v) is 1.74. The average molecular weight is 298 g/mol. The number of para-hydroxylation sites is 1. The zero-order chi connectivity index (χ0) is 13.7. The van der Waals surface area contributed by atoms with E-state index < -0.39 is 5.82 Å². The molecule has 0 radical (unpaired) electrons. The number of hydrogen-bond acceptors (Lipinski definition) is 3. The molecule has 3 nitrogen and oxygen atoms in total. The van der Waals surface area contributed by atoms with Crippen LogP contribution in [0.3, 0.4) is 0 Å². The van der Waals surface area contributed by atoms with Gasteiger partial charge in [0.15, 0.2) is 11.6 Å². The van der Waals surface area contributed by atoms with Gasteiger partial charge in [-0.2, -0.15) is 0 Å². The van der Waals surface area contributed by atoms with Crippen molar-refractivity contribution < 1.29 is 14.2 Å². The van der Waals surface area contributed by atoms with Crippen molar-refractivity contribution >= 4 is 12.4 Å². The lowest BCUT2D eigenvalue weighted by atomic mass is 10.1. The largest absolute Gasteiger partial charge is 0.454 e. The van der Waals surface area contributed by atoms with E-state index in [1.165, 1.54) is 6.07 Å². The molecule has 0 aliphatic carbocycles. The molecule has 0 saturated carbocycles. The average Bonchev–Trinajstić information content (AvgIpc) is 2.43. The Bertz CT molecular complexity index is 537. The third-order valence-corrected chi connectivity index (χ3v) is 2.70. The van der Waals surface area contributed by atoms with Gasteiger partial charge in [-0.25, -0.2) is 4.39 Å². The smallest absolute Gasteiger partial charge is 0.165 e. The summed E-state index contributed by atoms with van der Waals surface area (Å²) in [6, 6.07) is 13.3. The van der Waals surface area contributed by atoms with E-state index in [2.05, 4.69) is 0 Å². The minimum atomic E-state index is -0.426. The highest BCUT2D eigenvalue weighted by Gasteiger charge is 2.08. The molecule has 2 rings (SSSR count). The molecule has 1 atom stereocenters. The summed E-state index contributed by atoms with van der Waals surface area (Å²) in [5.74, 6) is 0.309. The van der Waals surface area contributed by atoms with Gasteiger partial charge in [0.05, 0.1) is 6.61 Å². The molecule has 20 heavy (non-hydrogen) atoms. The van der Waals surface area contributed by atoms with Crippen molar-refractivity contribution in [2.45, 2.75) is 12.5 Å². The van der Waals surface area contributed by atoms with Crippen molar-refractivity contribution in [3.63, 3.8) is 0 Å². The third kappa shape index (κ3) is 4.49. The Balaban J connectivity index is 0.00000200. The van der Waals surface area contributed by atoms with Gasteiger partial charge < -0.3 is 15.6 Å². The van der Waals surface area contributed by atoms with E-state index in [-0.39, 0.29) is 30.8 Å². The highest BCUT2D eigenvalue weighted by molar-refractivity contribution is 5.85. The molecule has 3 N–H and O–H groups in total. The molecular formula is C15H17ClFNO2. The van der Waals surface area contributed by atoms with Crippen molar-refractivity contribution in [3.05, 3.63) is 59.9 Å². The second-order valence-corrected chi connectivity index (χ2v) is 4.33. The number of halogens is 2. The Kier molecular flexibility index (Phi) is 6.45.